The first-order valence-electron chi connectivity index (χ1n) is 17.5. The van der Waals surface area contributed by atoms with E-state index in [2.05, 4.69) is 178 Å². The molecule has 9 aromatic rings. The van der Waals surface area contributed by atoms with Gasteiger partial charge in [0.05, 0.1) is 0 Å². The van der Waals surface area contributed by atoms with E-state index in [4.69, 9.17) is 15.0 Å². The molecule has 51 heavy (non-hydrogen) atoms. The van der Waals surface area contributed by atoms with Crippen LogP contribution in [0.4, 0.5) is 0 Å². The average molecular weight is 652 g/mol. The molecule has 10 rings (SSSR count). The van der Waals surface area contributed by atoms with Crippen LogP contribution in [-0.4, -0.2) is 15.0 Å². The van der Waals surface area contributed by atoms with Crippen LogP contribution in [0.1, 0.15) is 25.0 Å². The third-order valence-electron chi connectivity index (χ3n) is 10.7. The Kier molecular flexibility index (Phi) is 6.53. The zero-order valence-corrected chi connectivity index (χ0v) is 28.4. The summed E-state index contributed by atoms with van der Waals surface area (Å²) in [5, 5.41) is 6.77. The number of hydrogen-bond acceptors (Lipinski definition) is 3. The van der Waals surface area contributed by atoms with Crippen LogP contribution < -0.4 is 0 Å². The number of benzene rings is 8. The number of rotatable bonds is 4. The molecule has 0 saturated heterocycles. The first kappa shape index (κ1) is 29.5. The standard InChI is InChI=1S/C48H33N3/c1-48(2)42-24-10-9-21-38(42)39-28-26-33(29-43(39)48)37-27-25-32-15-5-8-20-36(32)44(37)47-50-45(40-22-11-16-30-13-3-6-18-34(30)40)49-46(51-47)41-23-12-17-31-14-4-7-19-35(31)41/h3-29H,1-2H3. The molecule has 1 heterocycles. The Morgan fingerprint density at radius 1 is 0.353 bits per heavy atom. The molecule has 0 spiro atoms. The van der Waals surface area contributed by atoms with Crippen molar-refractivity contribution in [3.05, 3.63) is 175 Å². The average Bonchev–Trinajstić information content (AvgIpc) is 3.42. The quantitative estimate of drug-likeness (QED) is 0.190. The van der Waals surface area contributed by atoms with Gasteiger partial charge in [-0.25, -0.2) is 15.0 Å². The van der Waals surface area contributed by atoms with Crippen molar-refractivity contribution >= 4 is 32.3 Å². The van der Waals surface area contributed by atoms with Crippen LogP contribution in [0, 0.1) is 0 Å². The fourth-order valence-corrected chi connectivity index (χ4v) is 8.19. The van der Waals surface area contributed by atoms with E-state index >= 15 is 0 Å². The zero-order valence-electron chi connectivity index (χ0n) is 28.4. The Morgan fingerprint density at radius 3 is 1.49 bits per heavy atom. The van der Waals surface area contributed by atoms with E-state index < -0.39 is 0 Å². The molecule has 1 aliphatic rings. The van der Waals surface area contributed by atoms with E-state index in [9.17, 15) is 0 Å². The lowest BCUT2D eigenvalue weighted by Gasteiger charge is -2.22. The molecule has 3 nitrogen and oxygen atoms in total. The predicted molar refractivity (Wildman–Crippen MR) is 212 cm³/mol. The normalized spacial score (nSPS) is 13.1. The highest BCUT2D eigenvalue weighted by atomic mass is 15.0. The molecule has 1 aliphatic carbocycles. The van der Waals surface area contributed by atoms with Crippen LogP contribution in [0.25, 0.3) is 88.7 Å². The SMILES string of the molecule is CC1(C)c2ccccc2-c2ccc(-c3ccc4ccccc4c3-c3nc(-c4cccc5ccccc45)nc(-c4cccc5ccccc45)n3)cc21. The minimum absolute atomic E-state index is 0.116. The molecule has 0 radical (unpaired) electrons. The van der Waals surface area contributed by atoms with Crippen molar-refractivity contribution < 1.29 is 0 Å². The third-order valence-corrected chi connectivity index (χ3v) is 10.7. The van der Waals surface area contributed by atoms with Crippen LogP contribution in [0.2, 0.25) is 0 Å². The molecule has 0 fully saturated rings. The van der Waals surface area contributed by atoms with E-state index in [1.165, 1.54) is 22.3 Å². The van der Waals surface area contributed by atoms with Gasteiger partial charge in [0.15, 0.2) is 17.5 Å². The van der Waals surface area contributed by atoms with E-state index in [1.807, 2.05) is 0 Å². The van der Waals surface area contributed by atoms with Gasteiger partial charge in [-0.15, -0.1) is 0 Å². The summed E-state index contributed by atoms with van der Waals surface area (Å²) in [4.78, 5) is 16.0. The number of hydrogen-bond donors (Lipinski definition) is 0. The van der Waals surface area contributed by atoms with Crippen LogP contribution in [0.3, 0.4) is 0 Å². The summed E-state index contributed by atoms with van der Waals surface area (Å²) < 4.78 is 0. The monoisotopic (exact) mass is 651 g/mol. The molecule has 240 valence electrons. The Bertz CT molecular complexity index is 2740. The van der Waals surface area contributed by atoms with Gasteiger partial charge in [0.2, 0.25) is 0 Å². The molecule has 0 amide bonds. The van der Waals surface area contributed by atoms with Gasteiger partial charge in [0.1, 0.15) is 0 Å². The molecular formula is C48H33N3. The maximum Gasteiger partial charge on any atom is 0.165 e. The number of fused-ring (bicyclic) bond motifs is 6. The molecule has 1 aromatic heterocycles. The lowest BCUT2D eigenvalue weighted by molar-refractivity contribution is 0.660. The second-order valence-electron chi connectivity index (χ2n) is 14.0. The molecular weight excluding hydrogens is 619 g/mol. The van der Waals surface area contributed by atoms with Crippen molar-refractivity contribution in [3.8, 4) is 56.4 Å². The number of aromatic nitrogens is 3. The lowest BCUT2D eigenvalue weighted by atomic mass is 9.81. The lowest BCUT2D eigenvalue weighted by Crippen LogP contribution is -2.14. The van der Waals surface area contributed by atoms with Gasteiger partial charge in [0.25, 0.3) is 0 Å². The maximum absolute atomic E-state index is 5.38. The van der Waals surface area contributed by atoms with E-state index in [-0.39, 0.29) is 5.41 Å². The summed E-state index contributed by atoms with van der Waals surface area (Å²) in [7, 11) is 0. The highest BCUT2D eigenvalue weighted by Gasteiger charge is 2.35. The van der Waals surface area contributed by atoms with Gasteiger partial charge in [-0.3, -0.25) is 0 Å². The Labute approximate surface area is 297 Å². The van der Waals surface area contributed by atoms with Gasteiger partial charge in [-0.1, -0.05) is 172 Å². The fourth-order valence-electron chi connectivity index (χ4n) is 8.19. The summed E-state index contributed by atoms with van der Waals surface area (Å²) in [6.45, 7) is 4.67. The van der Waals surface area contributed by atoms with E-state index in [0.29, 0.717) is 17.5 Å². The van der Waals surface area contributed by atoms with Gasteiger partial charge in [-0.2, -0.15) is 0 Å². The van der Waals surface area contributed by atoms with Gasteiger partial charge in [-0.05, 0) is 71.8 Å². The minimum Gasteiger partial charge on any atom is -0.208 e. The van der Waals surface area contributed by atoms with Crippen molar-refractivity contribution in [2.45, 2.75) is 19.3 Å². The van der Waals surface area contributed by atoms with E-state index in [1.54, 1.807) is 0 Å². The molecule has 0 aliphatic heterocycles. The zero-order chi connectivity index (χ0) is 34.1. The fraction of sp³-hybridized carbons (Fsp3) is 0.0625. The maximum atomic E-state index is 5.38. The summed E-state index contributed by atoms with van der Waals surface area (Å²) in [6.07, 6.45) is 0. The Balaban J connectivity index is 1.27. The van der Waals surface area contributed by atoms with Crippen LogP contribution in [-0.2, 0) is 5.41 Å². The first-order valence-corrected chi connectivity index (χ1v) is 17.5. The summed E-state index contributed by atoms with van der Waals surface area (Å²) in [6, 6.07) is 58.4. The molecule has 0 N–H and O–H groups in total. The minimum atomic E-state index is -0.116. The van der Waals surface area contributed by atoms with Gasteiger partial charge in [0, 0.05) is 22.1 Å². The van der Waals surface area contributed by atoms with Crippen LogP contribution in [0.15, 0.2) is 164 Å². The highest BCUT2D eigenvalue weighted by Crippen LogP contribution is 2.50. The first-order chi connectivity index (χ1) is 25.0. The molecule has 0 unspecified atom stereocenters. The topological polar surface area (TPSA) is 38.7 Å². The second kappa shape index (κ2) is 11.3. The Morgan fingerprint density at radius 2 is 0.824 bits per heavy atom. The second-order valence-corrected chi connectivity index (χ2v) is 14.0. The molecule has 0 atom stereocenters. The van der Waals surface area contributed by atoms with Crippen molar-refractivity contribution in [3.63, 3.8) is 0 Å². The molecule has 3 heteroatoms. The number of nitrogens with zero attached hydrogens (tertiary/aromatic N) is 3. The van der Waals surface area contributed by atoms with E-state index in [0.717, 1.165) is 60.1 Å². The van der Waals surface area contributed by atoms with Crippen LogP contribution in [0.5, 0.6) is 0 Å². The molecule has 0 saturated carbocycles. The van der Waals surface area contributed by atoms with Crippen molar-refractivity contribution in [2.75, 3.05) is 0 Å². The van der Waals surface area contributed by atoms with Crippen molar-refractivity contribution in [2.24, 2.45) is 0 Å². The highest BCUT2D eigenvalue weighted by molar-refractivity contribution is 6.04. The Hall–Kier alpha value is -6.45. The third kappa shape index (κ3) is 4.62. The molecule has 0 bridgehead atoms. The summed E-state index contributed by atoms with van der Waals surface area (Å²) in [5.74, 6) is 1.97. The summed E-state index contributed by atoms with van der Waals surface area (Å²) in [5.41, 5.74) is 10.4. The smallest absolute Gasteiger partial charge is 0.165 e. The van der Waals surface area contributed by atoms with Crippen molar-refractivity contribution in [1.82, 2.24) is 15.0 Å². The van der Waals surface area contributed by atoms with Crippen LogP contribution >= 0.6 is 0 Å². The van der Waals surface area contributed by atoms with Gasteiger partial charge >= 0.3 is 0 Å². The van der Waals surface area contributed by atoms with Gasteiger partial charge < -0.3 is 0 Å². The van der Waals surface area contributed by atoms with Crippen molar-refractivity contribution in [1.29, 1.82) is 0 Å². The largest absolute Gasteiger partial charge is 0.208 e. The predicted octanol–water partition coefficient (Wildman–Crippen LogP) is 12.3. The summed E-state index contributed by atoms with van der Waals surface area (Å²) >= 11 is 0. The molecule has 8 aromatic carbocycles.